The van der Waals surface area contributed by atoms with Gasteiger partial charge < -0.3 is 5.32 Å². The predicted molar refractivity (Wildman–Crippen MR) is 76.5 cm³/mol. The van der Waals surface area contributed by atoms with Gasteiger partial charge in [-0.2, -0.15) is 11.8 Å². The average Bonchev–Trinajstić information content (AvgIpc) is 2.31. The summed E-state index contributed by atoms with van der Waals surface area (Å²) in [5.74, 6) is -0.498. The minimum Gasteiger partial charge on any atom is -0.351 e. The van der Waals surface area contributed by atoms with Crippen LogP contribution >= 0.6 is 27.7 Å². The summed E-state index contributed by atoms with van der Waals surface area (Å²) in [5.41, 5.74) is 0.485. The van der Waals surface area contributed by atoms with E-state index in [1.54, 1.807) is 0 Å². The quantitative estimate of drug-likeness (QED) is 0.913. The summed E-state index contributed by atoms with van der Waals surface area (Å²) in [5, 5.41) is 2.94. The Hall–Kier alpha value is -0.550. The number of carbonyl (C=O) groups excluding carboxylic acids is 1. The summed E-state index contributed by atoms with van der Waals surface area (Å²) in [4.78, 5) is 11.9. The van der Waals surface area contributed by atoms with Crippen LogP contribution in [0.2, 0.25) is 0 Å². The maximum absolute atomic E-state index is 13.1. The lowest BCUT2D eigenvalue weighted by Gasteiger charge is -2.40. The van der Waals surface area contributed by atoms with Crippen LogP contribution in [0.1, 0.15) is 29.6 Å². The molecule has 1 aromatic carbocycles. The SMILES string of the molecule is CSC1(CNC(=O)c2ccc(F)c(Br)c2)CCC1. The minimum atomic E-state index is -0.355. The van der Waals surface area contributed by atoms with E-state index < -0.39 is 0 Å². The van der Waals surface area contributed by atoms with E-state index in [-0.39, 0.29) is 16.5 Å². The van der Waals surface area contributed by atoms with Gasteiger partial charge in [0.1, 0.15) is 5.82 Å². The Balaban J connectivity index is 1.97. The first-order valence-electron chi connectivity index (χ1n) is 5.85. The molecular weight excluding hydrogens is 317 g/mol. The van der Waals surface area contributed by atoms with E-state index in [0.29, 0.717) is 16.6 Å². The molecule has 0 atom stereocenters. The second-order valence-electron chi connectivity index (χ2n) is 4.55. The van der Waals surface area contributed by atoms with Crippen LogP contribution in [0.4, 0.5) is 4.39 Å². The van der Waals surface area contributed by atoms with E-state index in [9.17, 15) is 9.18 Å². The van der Waals surface area contributed by atoms with Crippen molar-refractivity contribution in [3.63, 3.8) is 0 Å². The fourth-order valence-electron chi connectivity index (χ4n) is 2.00. The molecule has 1 aliphatic carbocycles. The Morgan fingerprint density at radius 1 is 1.56 bits per heavy atom. The lowest BCUT2D eigenvalue weighted by atomic mass is 9.84. The van der Waals surface area contributed by atoms with Gasteiger partial charge in [0.25, 0.3) is 5.91 Å². The van der Waals surface area contributed by atoms with Crippen LogP contribution in [0.15, 0.2) is 22.7 Å². The number of carbonyl (C=O) groups is 1. The fraction of sp³-hybridized carbons (Fsp3) is 0.462. The molecule has 1 aromatic rings. The third-order valence-corrected chi connectivity index (χ3v) is 5.48. The highest BCUT2D eigenvalue weighted by atomic mass is 79.9. The Morgan fingerprint density at radius 2 is 2.28 bits per heavy atom. The third-order valence-electron chi connectivity index (χ3n) is 3.45. The van der Waals surface area contributed by atoms with Crippen molar-refractivity contribution in [2.75, 3.05) is 12.8 Å². The van der Waals surface area contributed by atoms with E-state index in [1.165, 1.54) is 24.6 Å². The van der Waals surface area contributed by atoms with Crippen molar-refractivity contribution in [3.05, 3.63) is 34.1 Å². The van der Waals surface area contributed by atoms with Gasteiger partial charge in [0, 0.05) is 16.9 Å². The average molecular weight is 332 g/mol. The summed E-state index contributed by atoms with van der Waals surface area (Å²) >= 11 is 4.90. The molecule has 2 nitrogen and oxygen atoms in total. The van der Waals surface area contributed by atoms with E-state index in [1.807, 2.05) is 11.8 Å². The molecule has 0 spiro atoms. The summed E-state index contributed by atoms with van der Waals surface area (Å²) < 4.78 is 13.6. The molecule has 0 heterocycles. The molecule has 98 valence electrons. The number of halogens is 2. The minimum absolute atomic E-state index is 0.143. The molecule has 2 rings (SSSR count). The summed E-state index contributed by atoms with van der Waals surface area (Å²) in [7, 11) is 0. The van der Waals surface area contributed by atoms with Gasteiger partial charge in [-0.1, -0.05) is 6.42 Å². The highest BCUT2D eigenvalue weighted by molar-refractivity contribution is 9.10. The fourth-order valence-corrected chi connectivity index (χ4v) is 3.30. The number of benzene rings is 1. The van der Waals surface area contributed by atoms with E-state index in [4.69, 9.17) is 0 Å². The maximum atomic E-state index is 13.1. The van der Waals surface area contributed by atoms with Crippen LogP contribution in [0.5, 0.6) is 0 Å². The molecule has 1 N–H and O–H groups in total. The standard InChI is InChI=1S/C13H15BrFNOS/c1-18-13(5-2-6-13)8-16-12(17)9-3-4-11(15)10(14)7-9/h3-4,7H,2,5-6,8H2,1H3,(H,16,17). The highest BCUT2D eigenvalue weighted by Crippen LogP contribution is 2.42. The predicted octanol–water partition coefficient (Wildman–Crippen LogP) is 3.60. The number of hydrogen-bond donors (Lipinski definition) is 1. The molecule has 0 radical (unpaired) electrons. The Labute approximate surface area is 119 Å². The maximum Gasteiger partial charge on any atom is 0.251 e. The van der Waals surface area contributed by atoms with Crippen molar-refractivity contribution in [3.8, 4) is 0 Å². The van der Waals surface area contributed by atoms with Crippen molar-refractivity contribution in [2.45, 2.75) is 24.0 Å². The highest BCUT2D eigenvalue weighted by Gasteiger charge is 2.36. The molecule has 1 aliphatic rings. The molecule has 0 saturated heterocycles. The number of amides is 1. The lowest BCUT2D eigenvalue weighted by Crippen LogP contribution is -2.45. The molecule has 0 aliphatic heterocycles. The van der Waals surface area contributed by atoms with Crippen molar-refractivity contribution in [1.29, 1.82) is 0 Å². The topological polar surface area (TPSA) is 29.1 Å². The molecule has 0 bridgehead atoms. The molecular formula is C13H15BrFNOS. The summed E-state index contributed by atoms with van der Waals surface area (Å²) in [6.45, 7) is 0.683. The first kappa shape index (κ1) is 13.9. The van der Waals surface area contributed by atoms with E-state index in [2.05, 4.69) is 27.5 Å². The van der Waals surface area contributed by atoms with Crippen molar-refractivity contribution in [2.24, 2.45) is 0 Å². The van der Waals surface area contributed by atoms with E-state index >= 15 is 0 Å². The van der Waals surface area contributed by atoms with Gasteiger partial charge in [-0.25, -0.2) is 4.39 Å². The second kappa shape index (κ2) is 5.61. The Bertz CT molecular complexity index is 457. The van der Waals surface area contributed by atoms with Gasteiger partial charge in [0.2, 0.25) is 0 Å². The largest absolute Gasteiger partial charge is 0.351 e. The molecule has 0 unspecified atom stereocenters. The van der Waals surface area contributed by atoms with Gasteiger partial charge in [-0.15, -0.1) is 0 Å². The first-order valence-corrected chi connectivity index (χ1v) is 7.86. The molecule has 18 heavy (non-hydrogen) atoms. The van der Waals surface area contributed by atoms with Crippen LogP contribution in [0, 0.1) is 5.82 Å². The zero-order valence-electron chi connectivity index (χ0n) is 10.1. The number of thioether (sulfide) groups is 1. The zero-order chi connectivity index (χ0) is 13.2. The lowest BCUT2D eigenvalue weighted by molar-refractivity contribution is 0.0944. The third kappa shape index (κ3) is 2.88. The van der Waals surface area contributed by atoms with Crippen molar-refractivity contribution in [1.82, 2.24) is 5.32 Å². The van der Waals surface area contributed by atoms with Crippen LogP contribution in [-0.2, 0) is 0 Å². The first-order chi connectivity index (χ1) is 8.56. The van der Waals surface area contributed by atoms with Crippen LogP contribution < -0.4 is 5.32 Å². The van der Waals surface area contributed by atoms with Gasteiger partial charge in [0.05, 0.1) is 4.47 Å². The van der Waals surface area contributed by atoms with Gasteiger partial charge in [-0.3, -0.25) is 4.79 Å². The van der Waals surface area contributed by atoms with Crippen LogP contribution in [-0.4, -0.2) is 23.5 Å². The summed E-state index contributed by atoms with van der Waals surface area (Å²) in [6, 6.07) is 4.31. The van der Waals surface area contributed by atoms with E-state index in [0.717, 1.165) is 12.8 Å². The molecule has 5 heteroatoms. The normalized spacial score (nSPS) is 17.1. The molecule has 1 amide bonds. The monoisotopic (exact) mass is 331 g/mol. The van der Waals surface area contributed by atoms with Crippen LogP contribution in [0.25, 0.3) is 0 Å². The number of nitrogens with one attached hydrogen (secondary N) is 1. The second-order valence-corrected chi connectivity index (χ2v) is 6.68. The molecule has 1 saturated carbocycles. The Kier molecular flexibility index (Phi) is 4.33. The van der Waals surface area contributed by atoms with Gasteiger partial charge >= 0.3 is 0 Å². The molecule has 1 fully saturated rings. The zero-order valence-corrected chi connectivity index (χ0v) is 12.5. The Morgan fingerprint density at radius 3 is 2.78 bits per heavy atom. The van der Waals surface area contributed by atoms with Crippen molar-refractivity contribution >= 4 is 33.6 Å². The van der Waals surface area contributed by atoms with Crippen molar-refractivity contribution < 1.29 is 9.18 Å². The van der Waals surface area contributed by atoms with Gasteiger partial charge in [0.15, 0.2) is 0 Å². The van der Waals surface area contributed by atoms with Crippen LogP contribution in [0.3, 0.4) is 0 Å². The molecule has 0 aromatic heterocycles. The number of hydrogen-bond acceptors (Lipinski definition) is 2. The van der Waals surface area contributed by atoms with Gasteiger partial charge in [-0.05, 0) is 53.2 Å². The smallest absolute Gasteiger partial charge is 0.251 e. The summed E-state index contributed by atoms with van der Waals surface area (Å²) in [6.07, 6.45) is 5.63. The number of rotatable bonds is 4.